The molecule has 9 heteroatoms. The lowest BCUT2D eigenvalue weighted by atomic mass is 10.2. The molecule has 0 radical (unpaired) electrons. The maximum absolute atomic E-state index is 12.4. The van der Waals surface area contributed by atoms with Gasteiger partial charge in [0.25, 0.3) is 0 Å². The Morgan fingerprint density at radius 1 is 1.03 bits per heavy atom. The standard InChI is InChI=1S/C21H21Cl2N5OS/c22-16-6-3-5-15(11-16)13-24-19(29)14-30-21-26-25-20(27-9-1-2-10-27)28(21)18-8-4-7-17(23)12-18/h3-8,11-12H,1-2,9-10,13-14H2,(H,24,29). The van der Waals surface area contributed by atoms with Gasteiger partial charge < -0.3 is 10.2 Å². The molecule has 2 aromatic carbocycles. The summed E-state index contributed by atoms with van der Waals surface area (Å²) in [4.78, 5) is 14.6. The summed E-state index contributed by atoms with van der Waals surface area (Å²) in [6.07, 6.45) is 2.27. The highest BCUT2D eigenvalue weighted by Crippen LogP contribution is 2.29. The van der Waals surface area contributed by atoms with E-state index in [9.17, 15) is 4.79 Å². The van der Waals surface area contributed by atoms with E-state index in [1.54, 1.807) is 0 Å². The van der Waals surface area contributed by atoms with E-state index >= 15 is 0 Å². The van der Waals surface area contributed by atoms with Gasteiger partial charge in [0.1, 0.15) is 0 Å². The largest absolute Gasteiger partial charge is 0.351 e. The number of carbonyl (C=O) groups is 1. The van der Waals surface area contributed by atoms with Crippen molar-refractivity contribution in [2.24, 2.45) is 0 Å². The van der Waals surface area contributed by atoms with Gasteiger partial charge in [-0.1, -0.05) is 53.2 Å². The van der Waals surface area contributed by atoms with Crippen LogP contribution in [0.4, 0.5) is 5.95 Å². The van der Waals surface area contributed by atoms with E-state index in [-0.39, 0.29) is 11.7 Å². The van der Waals surface area contributed by atoms with Gasteiger partial charge in [0, 0.05) is 29.7 Å². The first-order valence-corrected chi connectivity index (χ1v) is 11.4. The van der Waals surface area contributed by atoms with Crippen molar-refractivity contribution in [2.45, 2.75) is 24.5 Å². The molecule has 2 heterocycles. The van der Waals surface area contributed by atoms with Crippen molar-refractivity contribution >= 4 is 46.8 Å². The summed E-state index contributed by atoms with van der Waals surface area (Å²) in [5.74, 6) is 0.944. The van der Waals surface area contributed by atoms with Crippen molar-refractivity contribution in [1.82, 2.24) is 20.1 Å². The van der Waals surface area contributed by atoms with Crippen LogP contribution in [0.3, 0.4) is 0 Å². The van der Waals surface area contributed by atoms with Crippen LogP contribution in [0.25, 0.3) is 5.69 Å². The second-order valence-corrected chi connectivity index (χ2v) is 8.80. The predicted octanol–water partition coefficient (Wildman–Crippen LogP) is 4.58. The van der Waals surface area contributed by atoms with Crippen LogP contribution >= 0.6 is 35.0 Å². The summed E-state index contributed by atoms with van der Waals surface area (Å²) in [7, 11) is 0. The third-order valence-corrected chi connectivity index (χ3v) is 6.18. The first kappa shape index (κ1) is 21.0. The summed E-state index contributed by atoms with van der Waals surface area (Å²) < 4.78 is 1.98. The fraction of sp³-hybridized carbons (Fsp3) is 0.286. The highest BCUT2D eigenvalue weighted by Gasteiger charge is 2.23. The molecule has 0 atom stereocenters. The van der Waals surface area contributed by atoms with Crippen molar-refractivity contribution in [2.75, 3.05) is 23.7 Å². The van der Waals surface area contributed by atoms with E-state index < -0.39 is 0 Å². The van der Waals surface area contributed by atoms with Gasteiger partial charge in [-0.25, -0.2) is 0 Å². The van der Waals surface area contributed by atoms with E-state index in [2.05, 4.69) is 20.4 Å². The molecular formula is C21H21Cl2N5OS. The van der Waals surface area contributed by atoms with Crippen LogP contribution in [-0.4, -0.2) is 39.5 Å². The molecule has 1 fully saturated rings. The number of thioether (sulfide) groups is 1. The summed E-state index contributed by atoms with van der Waals surface area (Å²) in [6.45, 7) is 2.33. The molecule has 1 saturated heterocycles. The molecule has 0 spiro atoms. The van der Waals surface area contributed by atoms with Crippen molar-refractivity contribution in [1.29, 1.82) is 0 Å². The van der Waals surface area contributed by atoms with Gasteiger partial charge in [0.15, 0.2) is 5.16 Å². The molecule has 6 nitrogen and oxygen atoms in total. The zero-order valence-corrected chi connectivity index (χ0v) is 18.6. The molecule has 0 bridgehead atoms. The van der Waals surface area contributed by atoms with Crippen molar-refractivity contribution < 1.29 is 4.79 Å². The Labute approximate surface area is 189 Å². The predicted molar refractivity (Wildman–Crippen MR) is 122 cm³/mol. The Balaban J connectivity index is 1.47. The Bertz CT molecular complexity index is 1040. The molecule has 4 rings (SSSR count). The molecule has 1 N–H and O–H groups in total. The normalized spacial score (nSPS) is 13.6. The number of hydrogen-bond acceptors (Lipinski definition) is 5. The summed E-state index contributed by atoms with van der Waals surface area (Å²) in [6, 6.07) is 15.0. The fourth-order valence-electron chi connectivity index (χ4n) is 3.35. The number of nitrogens with zero attached hydrogens (tertiary/aromatic N) is 4. The number of halogens is 2. The SMILES string of the molecule is O=C(CSc1nnc(N2CCCC2)n1-c1cccc(Cl)c1)NCc1cccc(Cl)c1. The van der Waals surface area contributed by atoms with Crippen LogP contribution in [0, 0.1) is 0 Å². The summed E-state index contributed by atoms with van der Waals surface area (Å²) >= 11 is 13.6. The van der Waals surface area contributed by atoms with Crippen LogP contribution < -0.4 is 10.2 Å². The van der Waals surface area contributed by atoms with Gasteiger partial charge in [0.2, 0.25) is 11.9 Å². The fourth-order valence-corrected chi connectivity index (χ4v) is 4.52. The smallest absolute Gasteiger partial charge is 0.232 e. The zero-order chi connectivity index (χ0) is 20.9. The highest BCUT2D eigenvalue weighted by atomic mass is 35.5. The van der Waals surface area contributed by atoms with Crippen LogP contribution in [0.15, 0.2) is 53.7 Å². The molecule has 1 amide bonds. The third-order valence-electron chi connectivity index (χ3n) is 4.78. The van der Waals surface area contributed by atoms with Crippen molar-refractivity contribution in [3.63, 3.8) is 0 Å². The molecule has 0 unspecified atom stereocenters. The number of aromatic nitrogens is 3. The topological polar surface area (TPSA) is 63.1 Å². The molecule has 0 saturated carbocycles. The Morgan fingerprint density at radius 3 is 2.50 bits per heavy atom. The number of anilines is 1. The number of rotatable bonds is 7. The molecule has 1 aliphatic rings. The number of benzene rings is 2. The lowest BCUT2D eigenvalue weighted by Crippen LogP contribution is -2.25. The van der Waals surface area contributed by atoms with E-state index in [0.29, 0.717) is 21.7 Å². The average molecular weight is 462 g/mol. The second-order valence-electron chi connectivity index (χ2n) is 6.99. The van der Waals surface area contributed by atoms with Gasteiger partial charge in [-0.15, -0.1) is 10.2 Å². The number of carbonyl (C=O) groups excluding carboxylic acids is 1. The Morgan fingerprint density at radius 2 is 1.77 bits per heavy atom. The molecule has 156 valence electrons. The van der Waals surface area contributed by atoms with Crippen LogP contribution in [0.2, 0.25) is 10.0 Å². The number of hydrogen-bond donors (Lipinski definition) is 1. The maximum atomic E-state index is 12.4. The first-order chi connectivity index (χ1) is 14.6. The third kappa shape index (κ3) is 5.09. The van der Waals surface area contributed by atoms with Gasteiger partial charge >= 0.3 is 0 Å². The van der Waals surface area contributed by atoms with E-state index in [1.165, 1.54) is 11.8 Å². The minimum Gasteiger partial charge on any atom is -0.351 e. The van der Waals surface area contributed by atoms with E-state index in [4.69, 9.17) is 23.2 Å². The van der Waals surface area contributed by atoms with Crippen LogP contribution in [0.1, 0.15) is 18.4 Å². The van der Waals surface area contributed by atoms with Gasteiger partial charge in [0.05, 0.1) is 11.4 Å². The summed E-state index contributed by atoms with van der Waals surface area (Å²) in [5, 5.41) is 13.7. The quantitative estimate of drug-likeness (QED) is 0.521. The van der Waals surface area contributed by atoms with E-state index in [1.807, 2.05) is 53.1 Å². The van der Waals surface area contributed by atoms with Crippen LogP contribution in [0.5, 0.6) is 0 Å². The van der Waals surface area contributed by atoms with Gasteiger partial charge in [-0.2, -0.15) is 0 Å². The average Bonchev–Trinajstić information content (AvgIpc) is 3.40. The van der Waals surface area contributed by atoms with Gasteiger partial charge in [-0.05, 0) is 48.7 Å². The molecule has 30 heavy (non-hydrogen) atoms. The molecular weight excluding hydrogens is 441 g/mol. The Kier molecular flexibility index (Phi) is 6.82. The van der Waals surface area contributed by atoms with Crippen molar-refractivity contribution in [3.8, 4) is 5.69 Å². The molecule has 3 aromatic rings. The zero-order valence-electron chi connectivity index (χ0n) is 16.2. The number of nitrogens with one attached hydrogen (secondary N) is 1. The summed E-state index contributed by atoms with van der Waals surface area (Å²) in [5.41, 5.74) is 1.84. The molecule has 0 aliphatic carbocycles. The second kappa shape index (κ2) is 9.73. The Hall–Kier alpha value is -2.22. The first-order valence-electron chi connectivity index (χ1n) is 9.70. The van der Waals surface area contributed by atoms with Crippen LogP contribution in [-0.2, 0) is 11.3 Å². The minimum absolute atomic E-state index is 0.0802. The minimum atomic E-state index is -0.0802. The lowest BCUT2D eigenvalue weighted by molar-refractivity contribution is -0.118. The van der Waals surface area contributed by atoms with Gasteiger partial charge in [-0.3, -0.25) is 9.36 Å². The monoisotopic (exact) mass is 461 g/mol. The van der Waals surface area contributed by atoms with Crippen molar-refractivity contribution in [3.05, 3.63) is 64.1 Å². The number of amides is 1. The molecule has 1 aromatic heterocycles. The van der Waals surface area contributed by atoms with E-state index in [0.717, 1.165) is 43.1 Å². The highest BCUT2D eigenvalue weighted by molar-refractivity contribution is 7.99. The molecule has 1 aliphatic heterocycles. The maximum Gasteiger partial charge on any atom is 0.232 e. The lowest BCUT2D eigenvalue weighted by Gasteiger charge is -2.18.